The van der Waals surface area contributed by atoms with E-state index in [4.69, 9.17) is 4.74 Å². The Morgan fingerprint density at radius 3 is 2.20 bits per heavy atom. The SMILES string of the molecule is CC(C)(C)OC(=O)[C@](C#N)(/C=C\C(=O)c1cccc2ccccc12)c1ccccc1. The van der Waals surface area contributed by atoms with Gasteiger partial charge in [0, 0.05) is 5.56 Å². The number of nitriles is 1. The zero-order chi connectivity index (χ0) is 21.8. The van der Waals surface area contributed by atoms with E-state index in [-0.39, 0.29) is 5.78 Å². The Balaban J connectivity index is 2.06. The number of hydrogen-bond acceptors (Lipinski definition) is 4. The molecule has 0 fully saturated rings. The van der Waals surface area contributed by atoms with Crippen LogP contribution in [0.25, 0.3) is 10.8 Å². The third-order valence-corrected chi connectivity index (χ3v) is 4.67. The molecule has 4 nitrogen and oxygen atoms in total. The van der Waals surface area contributed by atoms with Gasteiger partial charge in [0.2, 0.25) is 0 Å². The molecule has 0 aromatic heterocycles. The van der Waals surface area contributed by atoms with E-state index in [1.54, 1.807) is 57.2 Å². The Morgan fingerprint density at radius 2 is 1.53 bits per heavy atom. The van der Waals surface area contributed by atoms with E-state index in [2.05, 4.69) is 6.07 Å². The van der Waals surface area contributed by atoms with Crippen LogP contribution in [-0.4, -0.2) is 17.4 Å². The predicted molar refractivity (Wildman–Crippen MR) is 117 cm³/mol. The maximum atomic E-state index is 13.1. The number of rotatable bonds is 5. The van der Waals surface area contributed by atoms with Crippen molar-refractivity contribution in [1.29, 1.82) is 5.26 Å². The summed E-state index contributed by atoms with van der Waals surface area (Å²) in [7, 11) is 0. The van der Waals surface area contributed by atoms with Crippen LogP contribution in [-0.2, 0) is 14.9 Å². The number of esters is 1. The van der Waals surface area contributed by atoms with E-state index in [0.717, 1.165) is 10.8 Å². The third-order valence-electron chi connectivity index (χ3n) is 4.67. The summed E-state index contributed by atoms with van der Waals surface area (Å²) >= 11 is 0. The Labute approximate surface area is 176 Å². The monoisotopic (exact) mass is 397 g/mol. The first kappa shape index (κ1) is 21.0. The van der Waals surface area contributed by atoms with Crippen LogP contribution in [0.15, 0.2) is 84.9 Å². The van der Waals surface area contributed by atoms with Crippen LogP contribution in [0.5, 0.6) is 0 Å². The van der Waals surface area contributed by atoms with Crippen LogP contribution in [0.2, 0.25) is 0 Å². The fourth-order valence-corrected chi connectivity index (χ4v) is 3.22. The summed E-state index contributed by atoms with van der Waals surface area (Å²) in [6, 6.07) is 23.8. The van der Waals surface area contributed by atoms with Crippen molar-refractivity contribution in [2.24, 2.45) is 0 Å². The Hall–Kier alpha value is -3.71. The highest BCUT2D eigenvalue weighted by Gasteiger charge is 2.42. The third kappa shape index (κ3) is 4.31. The van der Waals surface area contributed by atoms with Crippen LogP contribution in [0.3, 0.4) is 0 Å². The number of carbonyl (C=O) groups is 2. The van der Waals surface area contributed by atoms with Gasteiger partial charge in [0.25, 0.3) is 0 Å². The summed E-state index contributed by atoms with van der Waals surface area (Å²) in [6.45, 7) is 5.22. The highest BCUT2D eigenvalue weighted by Crippen LogP contribution is 2.30. The summed E-state index contributed by atoms with van der Waals surface area (Å²) in [5.41, 5.74) is -1.55. The molecule has 0 amide bonds. The topological polar surface area (TPSA) is 67.2 Å². The van der Waals surface area contributed by atoms with Crippen LogP contribution in [0, 0.1) is 11.3 Å². The van der Waals surface area contributed by atoms with E-state index < -0.39 is 17.0 Å². The van der Waals surface area contributed by atoms with Crippen LogP contribution in [0.1, 0.15) is 36.7 Å². The largest absolute Gasteiger partial charge is 0.458 e. The fourth-order valence-electron chi connectivity index (χ4n) is 3.22. The molecular formula is C26H23NO3. The zero-order valence-corrected chi connectivity index (χ0v) is 17.3. The molecule has 4 heteroatoms. The van der Waals surface area contributed by atoms with E-state index in [9.17, 15) is 14.9 Å². The minimum Gasteiger partial charge on any atom is -0.458 e. The van der Waals surface area contributed by atoms with E-state index >= 15 is 0 Å². The molecule has 0 aliphatic heterocycles. The Bertz CT molecular complexity index is 1140. The molecule has 0 aliphatic carbocycles. The maximum absolute atomic E-state index is 13.1. The fraction of sp³-hybridized carbons (Fsp3) is 0.192. The second kappa shape index (κ2) is 8.34. The molecule has 3 rings (SSSR count). The van der Waals surface area contributed by atoms with Gasteiger partial charge in [-0.2, -0.15) is 5.26 Å². The number of benzene rings is 3. The first-order valence-electron chi connectivity index (χ1n) is 9.68. The molecule has 3 aromatic carbocycles. The number of fused-ring (bicyclic) bond motifs is 1. The number of carbonyl (C=O) groups excluding carboxylic acids is 2. The van der Waals surface area contributed by atoms with Gasteiger partial charge in [-0.3, -0.25) is 4.79 Å². The molecular weight excluding hydrogens is 374 g/mol. The minimum atomic E-state index is -1.73. The quantitative estimate of drug-likeness (QED) is 0.329. The van der Waals surface area contributed by atoms with Gasteiger partial charge < -0.3 is 4.74 Å². The van der Waals surface area contributed by atoms with Crippen molar-refractivity contribution in [2.45, 2.75) is 31.8 Å². The number of ether oxygens (including phenoxy) is 1. The number of nitrogens with zero attached hydrogens (tertiary/aromatic N) is 1. The summed E-state index contributed by atoms with van der Waals surface area (Å²) < 4.78 is 5.53. The van der Waals surface area contributed by atoms with Crippen molar-refractivity contribution in [3.8, 4) is 6.07 Å². The highest BCUT2D eigenvalue weighted by molar-refractivity contribution is 6.13. The van der Waals surface area contributed by atoms with E-state index in [0.29, 0.717) is 11.1 Å². The number of hydrogen-bond donors (Lipinski definition) is 0. The molecule has 0 heterocycles. The molecule has 150 valence electrons. The van der Waals surface area contributed by atoms with E-state index in [1.807, 2.05) is 36.4 Å². The molecule has 0 radical (unpaired) electrons. The summed E-state index contributed by atoms with van der Waals surface area (Å²) in [4.78, 5) is 26.1. The Kier molecular flexibility index (Phi) is 5.84. The highest BCUT2D eigenvalue weighted by atomic mass is 16.6. The normalized spacial score (nSPS) is 13.5. The van der Waals surface area contributed by atoms with Crippen molar-refractivity contribution < 1.29 is 14.3 Å². The average Bonchev–Trinajstić information content (AvgIpc) is 2.73. The standard InChI is InChI=1S/C26H23NO3/c1-25(2,3)30-24(29)26(18-27,20-12-5-4-6-13-20)17-16-23(28)22-15-9-11-19-10-7-8-14-21(19)22/h4-17H,1-3H3/b17-16-/t26-/m0/s1. The molecule has 1 atom stereocenters. The van der Waals surface area contributed by atoms with Crippen LogP contribution >= 0.6 is 0 Å². The molecule has 0 N–H and O–H groups in total. The van der Waals surface area contributed by atoms with Gasteiger partial charge >= 0.3 is 5.97 Å². The summed E-state index contributed by atoms with van der Waals surface area (Å²) in [5.74, 6) is -1.00. The molecule has 0 bridgehead atoms. The van der Waals surface area contributed by atoms with Crippen molar-refractivity contribution >= 4 is 22.5 Å². The lowest BCUT2D eigenvalue weighted by atomic mass is 9.81. The van der Waals surface area contributed by atoms with Crippen molar-refractivity contribution in [1.82, 2.24) is 0 Å². The van der Waals surface area contributed by atoms with Gasteiger partial charge in [-0.25, -0.2) is 4.79 Å². The van der Waals surface area contributed by atoms with Gasteiger partial charge in [0.05, 0.1) is 6.07 Å². The van der Waals surface area contributed by atoms with Crippen molar-refractivity contribution in [3.05, 3.63) is 96.1 Å². The lowest BCUT2D eigenvalue weighted by Gasteiger charge is -2.27. The van der Waals surface area contributed by atoms with Gasteiger partial charge in [0.15, 0.2) is 11.2 Å². The second-order valence-corrected chi connectivity index (χ2v) is 8.01. The Morgan fingerprint density at radius 1 is 0.900 bits per heavy atom. The van der Waals surface area contributed by atoms with Gasteiger partial charge in [-0.15, -0.1) is 0 Å². The van der Waals surface area contributed by atoms with Gasteiger partial charge in [-0.1, -0.05) is 72.8 Å². The molecule has 0 spiro atoms. The smallest absolute Gasteiger partial charge is 0.335 e. The molecule has 0 saturated carbocycles. The van der Waals surface area contributed by atoms with Gasteiger partial charge in [-0.05, 0) is 49.3 Å². The van der Waals surface area contributed by atoms with E-state index in [1.165, 1.54) is 12.2 Å². The molecule has 0 aliphatic rings. The maximum Gasteiger partial charge on any atom is 0.335 e. The molecule has 0 unspecified atom stereocenters. The molecule has 3 aromatic rings. The number of allylic oxidation sites excluding steroid dienone is 1. The predicted octanol–water partition coefficient (Wildman–Crippen LogP) is 5.38. The molecule has 0 saturated heterocycles. The van der Waals surface area contributed by atoms with Crippen LogP contribution in [0.4, 0.5) is 0 Å². The summed E-state index contributed by atoms with van der Waals surface area (Å²) in [6.07, 6.45) is 2.64. The first-order valence-corrected chi connectivity index (χ1v) is 9.68. The van der Waals surface area contributed by atoms with Gasteiger partial charge in [0.1, 0.15) is 5.60 Å². The van der Waals surface area contributed by atoms with Crippen molar-refractivity contribution in [3.63, 3.8) is 0 Å². The molecule has 30 heavy (non-hydrogen) atoms. The lowest BCUT2D eigenvalue weighted by Crippen LogP contribution is -2.39. The van der Waals surface area contributed by atoms with Crippen molar-refractivity contribution in [2.75, 3.05) is 0 Å². The average molecular weight is 397 g/mol. The number of ketones is 1. The second-order valence-electron chi connectivity index (χ2n) is 8.01. The minimum absolute atomic E-state index is 0.286. The lowest BCUT2D eigenvalue weighted by molar-refractivity contribution is -0.158. The zero-order valence-electron chi connectivity index (χ0n) is 17.3. The first-order chi connectivity index (χ1) is 14.3. The summed E-state index contributed by atoms with van der Waals surface area (Å²) in [5, 5.41) is 11.8. The van der Waals surface area contributed by atoms with Crippen LogP contribution < -0.4 is 0 Å².